The smallest absolute Gasteiger partial charge is 0.355 e. The first-order chi connectivity index (χ1) is 14.2. The molecule has 2 aliphatic heterocycles. The van der Waals surface area contributed by atoms with Crippen LogP contribution in [0, 0.1) is 0 Å². The zero-order valence-electron chi connectivity index (χ0n) is 15.9. The lowest BCUT2D eigenvalue weighted by Crippen LogP contribution is -2.54. The van der Waals surface area contributed by atoms with E-state index < -0.39 is 5.97 Å². The van der Waals surface area contributed by atoms with E-state index >= 15 is 0 Å². The molecule has 0 N–H and O–H groups in total. The summed E-state index contributed by atoms with van der Waals surface area (Å²) < 4.78 is 10.7. The van der Waals surface area contributed by atoms with Crippen molar-refractivity contribution < 1.29 is 19.1 Å². The van der Waals surface area contributed by atoms with Gasteiger partial charge in [0.15, 0.2) is 0 Å². The molecule has 0 aliphatic carbocycles. The van der Waals surface area contributed by atoms with Crippen LogP contribution in [-0.2, 0) is 20.9 Å². The molecular formula is C21H20N2O4S2. The molecule has 0 spiro atoms. The van der Waals surface area contributed by atoms with E-state index in [-0.39, 0.29) is 17.9 Å². The first kappa shape index (κ1) is 19.8. The highest BCUT2D eigenvalue weighted by Crippen LogP contribution is 2.41. The summed E-state index contributed by atoms with van der Waals surface area (Å²) in [5.74, 6) is 1.63. The Morgan fingerprint density at radius 2 is 2.00 bits per heavy atom. The molecule has 0 radical (unpaired) electrons. The maximum Gasteiger partial charge on any atom is 0.355 e. The minimum absolute atomic E-state index is 0.0231. The number of fused-ring (bicyclic) bond motifs is 1. The normalized spacial score (nSPS) is 18.2. The number of benzene rings is 1. The monoisotopic (exact) mass is 428 g/mol. The summed E-state index contributed by atoms with van der Waals surface area (Å²) in [7, 11) is 1.61. The molecule has 1 amide bonds. The second-order valence-corrected chi connectivity index (χ2v) is 8.80. The van der Waals surface area contributed by atoms with Gasteiger partial charge in [-0.2, -0.15) is 0 Å². The van der Waals surface area contributed by atoms with E-state index in [9.17, 15) is 9.59 Å². The summed E-state index contributed by atoms with van der Waals surface area (Å²) in [5.41, 5.74) is 2.21. The first-order valence-corrected chi connectivity index (χ1v) is 11.2. The quantitative estimate of drug-likeness (QED) is 0.380. The van der Waals surface area contributed by atoms with E-state index in [0.717, 1.165) is 27.5 Å². The molecule has 1 fully saturated rings. The lowest BCUT2D eigenvalue weighted by molar-refractivity contribution is -0.150. The Morgan fingerprint density at radius 1 is 1.24 bits per heavy atom. The molecule has 29 heavy (non-hydrogen) atoms. The summed E-state index contributed by atoms with van der Waals surface area (Å²) in [6.07, 6.45) is 3.96. The highest BCUT2D eigenvalue weighted by Gasteiger charge is 2.45. The lowest BCUT2D eigenvalue weighted by Gasteiger charge is -2.44. The second kappa shape index (κ2) is 8.92. The third-order valence-electron chi connectivity index (χ3n) is 4.72. The number of pyridine rings is 1. The Hall–Kier alpha value is -2.45. The molecule has 3 heterocycles. The fraction of sp³-hybridized carbons (Fsp3) is 0.286. The van der Waals surface area contributed by atoms with Crippen LogP contribution in [0.5, 0.6) is 5.75 Å². The van der Waals surface area contributed by atoms with E-state index in [0.29, 0.717) is 17.9 Å². The third kappa shape index (κ3) is 4.43. The number of carbonyl (C=O) groups is 2. The highest BCUT2D eigenvalue weighted by molar-refractivity contribution is 8.01. The standard InChI is InChI=1S/C21H20N2O4S2/c1-26-16-4-2-14(3-5-16)11-27-21(25)20-15(12-28-17-6-8-22-9-7-17)13-29-19-10-18(24)23(19)20/h2-9,19H,10-13H2,1H3. The zero-order valence-corrected chi connectivity index (χ0v) is 17.5. The van der Waals surface area contributed by atoms with Crippen molar-refractivity contribution in [2.75, 3.05) is 18.6 Å². The molecule has 1 aromatic heterocycles. The molecule has 2 aromatic rings. The van der Waals surface area contributed by atoms with Gasteiger partial charge < -0.3 is 9.47 Å². The number of ether oxygens (including phenoxy) is 2. The number of hydrogen-bond donors (Lipinski definition) is 0. The van der Waals surface area contributed by atoms with Gasteiger partial charge in [0.2, 0.25) is 5.91 Å². The number of carbonyl (C=O) groups excluding carboxylic acids is 2. The third-order valence-corrected chi connectivity index (χ3v) is 7.09. The van der Waals surface area contributed by atoms with Crippen molar-refractivity contribution in [2.45, 2.75) is 23.3 Å². The van der Waals surface area contributed by atoms with Crippen molar-refractivity contribution >= 4 is 35.4 Å². The fourth-order valence-corrected chi connectivity index (χ4v) is 5.41. The van der Waals surface area contributed by atoms with Crippen LogP contribution in [0.2, 0.25) is 0 Å². The van der Waals surface area contributed by atoms with Crippen LogP contribution in [-0.4, -0.2) is 45.7 Å². The van der Waals surface area contributed by atoms with E-state index in [1.807, 2.05) is 36.4 Å². The molecule has 1 saturated heterocycles. The van der Waals surface area contributed by atoms with Gasteiger partial charge in [0, 0.05) is 28.8 Å². The number of amides is 1. The summed E-state index contributed by atoms with van der Waals surface area (Å²) in [5, 5.41) is 0.0423. The number of β-lactam (4-membered cyclic amide) rings is 1. The van der Waals surface area contributed by atoms with Gasteiger partial charge in [-0.25, -0.2) is 4.79 Å². The van der Waals surface area contributed by atoms with Crippen molar-refractivity contribution in [3.05, 3.63) is 65.6 Å². The van der Waals surface area contributed by atoms with E-state index in [2.05, 4.69) is 4.98 Å². The van der Waals surface area contributed by atoms with Gasteiger partial charge in [-0.1, -0.05) is 12.1 Å². The molecule has 0 bridgehead atoms. The number of nitrogens with zero attached hydrogens (tertiary/aromatic N) is 2. The SMILES string of the molecule is COc1ccc(COC(=O)C2=C(CSc3ccncc3)CSC3CC(=O)N23)cc1. The molecule has 0 saturated carbocycles. The van der Waals surface area contributed by atoms with Gasteiger partial charge in [0.1, 0.15) is 18.1 Å². The molecule has 1 aromatic carbocycles. The molecular weight excluding hydrogens is 408 g/mol. The summed E-state index contributed by atoms with van der Waals surface area (Å²) in [6.45, 7) is 0.150. The number of rotatable bonds is 7. The van der Waals surface area contributed by atoms with Crippen LogP contribution < -0.4 is 4.74 Å². The van der Waals surface area contributed by atoms with Crippen LogP contribution in [0.3, 0.4) is 0 Å². The van der Waals surface area contributed by atoms with E-state index in [1.54, 1.807) is 47.9 Å². The summed E-state index contributed by atoms with van der Waals surface area (Å²) in [6, 6.07) is 11.2. The maximum absolute atomic E-state index is 12.9. The molecule has 150 valence electrons. The van der Waals surface area contributed by atoms with Gasteiger partial charge in [-0.3, -0.25) is 14.7 Å². The molecule has 1 atom stereocenters. The minimum atomic E-state index is -0.440. The summed E-state index contributed by atoms with van der Waals surface area (Å²) in [4.78, 5) is 31.8. The van der Waals surface area contributed by atoms with Crippen LogP contribution in [0.15, 0.2) is 65.0 Å². The molecule has 2 aliphatic rings. The Labute approximate surface area is 177 Å². The van der Waals surface area contributed by atoms with Crippen molar-refractivity contribution in [3.63, 3.8) is 0 Å². The number of aromatic nitrogens is 1. The van der Waals surface area contributed by atoms with Crippen LogP contribution in [0.4, 0.5) is 0 Å². The van der Waals surface area contributed by atoms with Crippen molar-refractivity contribution in [1.29, 1.82) is 0 Å². The molecule has 8 heteroatoms. The van der Waals surface area contributed by atoms with Gasteiger partial charge >= 0.3 is 5.97 Å². The second-order valence-electron chi connectivity index (χ2n) is 6.58. The average molecular weight is 429 g/mol. The van der Waals surface area contributed by atoms with Gasteiger partial charge in [-0.05, 0) is 35.4 Å². The highest BCUT2D eigenvalue weighted by atomic mass is 32.2. The van der Waals surface area contributed by atoms with Crippen molar-refractivity contribution in [2.24, 2.45) is 0 Å². The molecule has 1 unspecified atom stereocenters. The lowest BCUT2D eigenvalue weighted by atomic mass is 10.1. The minimum Gasteiger partial charge on any atom is -0.497 e. The summed E-state index contributed by atoms with van der Waals surface area (Å²) >= 11 is 3.32. The van der Waals surface area contributed by atoms with Gasteiger partial charge in [-0.15, -0.1) is 23.5 Å². The average Bonchev–Trinajstić information content (AvgIpc) is 2.76. The zero-order chi connectivity index (χ0) is 20.2. The van der Waals surface area contributed by atoms with Crippen LogP contribution in [0.1, 0.15) is 12.0 Å². The molecule has 4 rings (SSSR count). The number of esters is 1. The topological polar surface area (TPSA) is 68.7 Å². The van der Waals surface area contributed by atoms with Crippen molar-refractivity contribution in [1.82, 2.24) is 9.88 Å². The van der Waals surface area contributed by atoms with Crippen molar-refractivity contribution in [3.8, 4) is 5.75 Å². The Kier molecular flexibility index (Phi) is 6.10. The Bertz CT molecular complexity index is 931. The predicted octanol–water partition coefficient (Wildman–Crippen LogP) is 3.49. The fourth-order valence-electron chi connectivity index (χ4n) is 3.12. The maximum atomic E-state index is 12.9. The predicted molar refractivity (Wildman–Crippen MR) is 112 cm³/mol. The van der Waals surface area contributed by atoms with E-state index in [4.69, 9.17) is 9.47 Å². The number of hydrogen-bond acceptors (Lipinski definition) is 7. The first-order valence-electron chi connectivity index (χ1n) is 9.14. The largest absolute Gasteiger partial charge is 0.497 e. The van der Waals surface area contributed by atoms with Crippen LogP contribution in [0.25, 0.3) is 0 Å². The number of thioether (sulfide) groups is 2. The molecule has 6 nitrogen and oxygen atoms in total. The Morgan fingerprint density at radius 3 is 2.69 bits per heavy atom. The van der Waals surface area contributed by atoms with Crippen LogP contribution >= 0.6 is 23.5 Å². The number of methoxy groups -OCH3 is 1. The van der Waals surface area contributed by atoms with Gasteiger partial charge in [0.25, 0.3) is 0 Å². The Balaban J connectivity index is 1.49. The van der Waals surface area contributed by atoms with E-state index in [1.165, 1.54) is 0 Å². The van der Waals surface area contributed by atoms with Gasteiger partial charge in [0.05, 0.1) is 18.9 Å².